The van der Waals surface area contributed by atoms with Gasteiger partial charge in [0.2, 0.25) is 5.25 Å². The SMILES string of the molecule is CCC1CN(C)C2=C(N[C@@](N)(Cl)NC2=O)N1Cc1ccccc1. The standard InChI is InChI=1S/C16H22ClN5O/c1-3-12-10-21(2)13-14(19-16(17,18)20-15(13)23)22(12)9-11-7-5-4-6-8-11/h4-8,12,19H,3,9-10,18H2,1-2H3,(H,20,23)/t12?,16-/m0/s1. The molecular weight excluding hydrogens is 314 g/mol. The van der Waals surface area contributed by atoms with Crippen LogP contribution in [0, 0.1) is 0 Å². The molecule has 1 aromatic carbocycles. The lowest BCUT2D eigenvalue weighted by Crippen LogP contribution is -2.69. The number of hydrogen-bond donors (Lipinski definition) is 3. The number of nitrogens with zero attached hydrogens (tertiary/aromatic N) is 2. The molecule has 0 saturated heterocycles. The van der Waals surface area contributed by atoms with Crippen LogP contribution in [0.25, 0.3) is 0 Å². The van der Waals surface area contributed by atoms with Crippen LogP contribution in [-0.2, 0) is 11.3 Å². The van der Waals surface area contributed by atoms with Crippen molar-refractivity contribution in [3.63, 3.8) is 0 Å². The molecule has 0 aromatic heterocycles. The van der Waals surface area contributed by atoms with Crippen molar-refractivity contribution >= 4 is 17.5 Å². The van der Waals surface area contributed by atoms with Crippen LogP contribution in [-0.4, -0.2) is 40.6 Å². The van der Waals surface area contributed by atoms with Crippen LogP contribution in [0.15, 0.2) is 41.8 Å². The molecule has 124 valence electrons. The van der Waals surface area contributed by atoms with Crippen molar-refractivity contribution in [2.45, 2.75) is 31.2 Å². The van der Waals surface area contributed by atoms with Gasteiger partial charge in [-0.15, -0.1) is 0 Å². The minimum Gasteiger partial charge on any atom is -0.365 e. The van der Waals surface area contributed by atoms with Crippen LogP contribution in [0.4, 0.5) is 0 Å². The molecule has 2 aliphatic rings. The van der Waals surface area contributed by atoms with Gasteiger partial charge in [0.1, 0.15) is 11.5 Å². The monoisotopic (exact) mass is 335 g/mol. The highest BCUT2D eigenvalue weighted by Gasteiger charge is 2.42. The lowest BCUT2D eigenvalue weighted by Gasteiger charge is -2.48. The molecule has 1 aromatic rings. The molecule has 2 atom stereocenters. The van der Waals surface area contributed by atoms with Crippen molar-refractivity contribution in [1.82, 2.24) is 20.4 Å². The van der Waals surface area contributed by atoms with Crippen molar-refractivity contribution in [3.05, 3.63) is 47.4 Å². The van der Waals surface area contributed by atoms with E-state index in [1.807, 2.05) is 30.1 Å². The molecule has 7 heteroatoms. The molecule has 1 unspecified atom stereocenters. The molecule has 0 bridgehead atoms. The van der Waals surface area contributed by atoms with Crippen molar-refractivity contribution in [2.75, 3.05) is 13.6 Å². The fraction of sp³-hybridized carbons (Fsp3) is 0.438. The van der Waals surface area contributed by atoms with Gasteiger partial charge in [-0.05, 0) is 12.0 Å². The zero-order valence-corrected chi connectivity index (χ0v) is 14.1. The second kappa shape index (κ2) is 5.94. The molecule has 4 N–H and O–H groups in total. The van der Waals surface area contributed by atoms with E-state index in [2.05, 4.69) is 34.6 Å². The van der Waals surface area contributed by atoms with Gasteiger partial charge in [-0.2, -0.15) is 0 Å². The molecule has 23 heavy (non-hydrogen) atoms. The number of benzene rings is 1. The zero-order valence-electron chi connectivity index (χ0n) is 13.3. The summed E-state index contributed by atoms with van der Waals surface area (Å²) in [5.41, 5.74) is 7.66. The highest BCUT2D eigenvalue weighted by molar-refractivity contribution is 6.24. The molecule has 3 rings (SSSR count). The zero-order chi connectivity index (χ0) is 16.6. The van der Waals surface area contributed by atoms with Crippen molar-refractivity contribution in [1.29, 1.82) is 0 Å². The van der Waals surface area contributed by atoms with Gasteiger partial charge in [0.05, 0.1) is 0 Å². The summed E-state index contributed by atoms with van der Waals surface area (Å²) in [5.74, 6) is 0.432. The number of carbonyl (C=O) groups excluding carboxylic acids is 1. The van der Waals surface area contributed by atoms with Crippen LogP contribution in [0.5, 0.6) is 0 Å². The Morgan fingerprint density at radius 3 is 2.70 bits per heavy atom. The van der Waals surface area contributed by atoms with Crippen LogP contribution in [0.1, 0.15) is 18.9 Å². The summed E-state index contributed by atoms with van der Waals surface area (Å²) in [6, 6.07) is 10.4. The molecule has 0 fully saturated rings. The Kier molecular flexibility index (Phi) is 4.12. The first-order chi connectivity index (χ1) is 10.9. The van der Waals surface area contributed by atoms with Gasteiger partial charge in [-0.1, -0.05) is 48.9 Å². The van der Waals surface area contributed by atoms with Crippen LogP contribution in [0.3, 0.4) is 0 Å². The van der Waals surface area contributed by atoms with E-state index < -0.39 is 5.25 Å². The summed E-state index contributed by atoms with van der Waals surface area (Å²) in [5, 5.41) is 4.16. The summed E-state index contributed by atoms with van der Waals surface area (Å²) in [6.07, 6.45) is 0.955. The number of alkyl halides is 1. The Hall–Kier alpha value is -1.92. The predicted octanol–water partition coefficient (Wildman–Crippen LogP) is 0.910. The van der Waals surface area contributed by atoms with Crippen molar-refractivity contribution in [3.8, 4) is 0 Å². The first-order valence-corrected chi connectivity index (χ1v) is 8.13. The molecule has 0 saturated carbocycles. The van der Waals surface area contributed by atoms with Crippen LogP contribution >= 0.6 is 11.6 Å². The maximum absolute atomic E-state index is 12.4. The maximum Gasteiger partial charge on any atom is 0.275 e. The van der Waals surface area contributed by atoms with E-state index in [1.54, 1.807) is 0 Å². The molecule has 2 heterocycles. The van der Waals surface area contributed by atoms with Gasteiger partial charge >= 0.3 is 0 Å². The fourth-order valence-corrected chi connectivity index (χ4v) is 3.36. The average molecular weight is 336 g/mol. The Morgan fingerprint density at radius 2 is 2.04 bits per heavy atom. The maximum atomic E-state index is 12.4. The first-order valence-electron chi connectivity index (χ1n) is 7.75. The summed E-state index contributed by atoms with van der Waals surface area (Å²) in [4.78, 5) is 16.6. The number of carbonyl (C=O) groups is 1. The predicted molar refractivity (Wildman–Crippen MR) is 89.8 cm³/mol. The molecule has 0 spiro atoms. The molecule has 0 aliphatic carbocycles. The third-order valence-corrected chi connectivity index (χ3v) is 4.49. The summed E-state index contributed by atoms with van der Waals surface area (Å²) >= 11 is 6.15. The lowest BCUT2D eigenvalue weighted by atomic mass is 10.1. The molecule has 1 amide bonds. The van der Waals surface area contributed by atoms with Gasteiger partial charge in [0.15, 0.2) is 0 Å². The second-order valence-corrected chi connectivity index (χ2v) is 6.64. The van der Waals surface area contributed by atoms with E-state index in [0.29, 0.717) is 18.1 Å². The normalized spacial score (nSPS) is 27.5. The minimum absolute atomic E-state index is 0.258. The largest absolute Gasteiger partial charge is 0.365 e. The number of nitrogens with one attached hydrogen (secondary N) is 2. The number of likely N-dealkylation sites (N-methyl/N-ethyl adjacent to an activating group) is 1. The van der Waals surface area contributed by atoms with E-state index in [0.717, 1.165) is 13.0 Å². The third-order valence-electron chi connectivity index (χ3n) is 4.30. The Bertz CT molecular complexity index is 631. The third kappa shape index (κ3) is 3.09. The first kappa shape index (κ1) is 16.0. The quantitative estimate of drug-likeness (QED) is 0.565. The number of rotatable bonds is 3. The van der Waals surface area contributed by atoms with Crippen LogP contribution < -0.4 is 16.4 Å². The van der Waals surface area contributed by atoms with E-state index in [9.17, 15) is 4.79 Å². The molecule has 6 nitrogen and oxygen atoms in total. The highest BCUT2D eigenvalue weighted by atomic mass is 35.5. The number of nitrogens with two attached hydrogens (primary N) is 1. The summed E-state index contributed by atoms with van der Waals surface area (Å²) in [7, 11) is 1.91. The topological polar surface area (TPSA) is 73.6 Å². The number of halogens is 1. The second-order valence-electron chi connectivity index (χ2n) is 6.04. The lowest BCUT2D eigenvalue weighted by molar-refractivity contribution is -0.122. The number of hydrogen-bond acceptors (Lipinski definition) is 5. The van der Waals surface area contributed by atoms with Crippen molar-refractivity contribution in [2.24, 2.45) is 5.73 Å². The smallest absolute Gasteiger partial charge is 0.275 e. The van der Waals surface area contributed by atoms with Gasteiger partial charge in [0, 0.05) is 26.2 Å². The highest BCUT2D eigenvalue weighted by Crippen LogP contribution is 2.29. The minimum atomic E-state index is -1.47. The average Bonchev–Trinajstić information content (AvgIpc) is 2.49. The van der Waals surface area contributed by atoms with E-state index in [4.69, 9.17) is 17.3 Å². The van der Waals surface area contributed by atoms with E-state index in [1.165, 1.54) is 5.56 Å². The van der Waals surface area contributed by atoms with Gasteiger partial charge < -0.3 is 20.4 Å². The molecular formula is C16H22ClN5O. The molecule has 2 aliphatic heterocycles. The van der Waals surface area contributed by atoms with Crippen molar-refractivity contribution < 1.29 is 4.79 Å². The molecule has 0 radical (unpaired) electrons. The van der Waals surface area contributed by atoms with Crippen LogP contribution in [0.2, 0.25) is 0 Å². The Morgan fingerprint density at radius 1 is 1.35 bits per heavy atom. The summed E-state index contributed by atoms with van der Waals surface area (Å²) < 4.78 is 0. The van der Waals surface area contributed by atoms with E-state index in [-0.39, 0.29) is 11.9 Å². The number of amides is 1. The fourth-order valence-electron chi connectivity index (χ4n) is 3.18. The van der Waals surface area contributed by atoms with Gasteiger partial charge in [0.25, 0.3) is 5.91 Å². The van der Waals surface area contributed by atoms with Gasteiger partial charge in [-0.25, -0.2) is 0 Å². The Labute approximate surface area is 141 Å². The Balaban J connectivity index is 2.01. The van der Waals surface area contributed by atoms with E-state index >= 15 is 0 Å². The van der Waals surface area contributed by atoms with Gasteiger partial charge in [-0.3, -0.25) is 10.5 Å². The summed E-state index contributed by atoms with van der Waals surface area (Å²) in [6.45, 7) is 3.61.